The van der Waals surface area contributed by atoms with E-state index in [4.69, 9.17) is 16.2 Å². The Hall–Kier alpha value is -3.00. The van der Waals surface area contributed by atoms with E-state index in [-0.39, 0.29) is 11.8 Å². The summed E-state index contributed by atoms with van der Waals surface area (Å²) in [6.07, 6.45) is 1.69. The molecular weight excluding hydrogens is 252 g/mol. The van der Waals surface area contributed by atoms with Gasteiger partial charge in [0.15, 0.2) is 0 Å². The molecule has 5 nitrogen and oxygen atoms in total. The summed E-state index contributed by atoms with van der Waals surface area (Å²) < 4.78 is 5.49. The lowest BCUT2D eigenvalue weighted by Crippen LogP contribution is -2.21. The summed E-state index contributed by atoms with van der Waals surface area (Å²) in [5.41, 5.74) is 14.1. The molecule has 1 unspecified atom stereocenters. The summed E-state index contributed by atoms with van der Waals surface area (Å²) in [7, 11) is 0. The summed E-state index contributed by atoms with van der Waals surface area (Å²) in [4.78, 5) is 4.33. The molecule has 0 bridgehead atoms. The van der Waals surface area contributed by atoms with Gasteiger partial charge in [0.25, 0.3) is 0 Å². The summed E-state index contributed by atoms with van der Waals surface area (Å²) in [6.45, 7) is 0. The molecular formula is C15H12N4O. The van der Waals surface area contributed by atoms with Crippen molar-refractivity contribution in [3.05, 3.63) is 65.3 Å². The van der Waals surface area contributed by atoms with Crippen molar-refractivity contribution in [3.8, 4) is 11.8 Å². The van der Waals surface area contributed by atoms with Gasteiger partial charge in [0.05, 0.1) is 11.6 Å². The maximum atomic E-state index is 9.35. The average Bonchev–Trinajstić information content (AvgIpc) is 2.46. The summed E-state index contributed by atoms with van der Waals surface area (Å²) in [6, 6.07) is 13.0. The van der Waals surface area contributed by atoms with Crippen molar-refractivity contribution in [1.29, 1.82) is 5.26 Å². The van der Waals surface area contributed by atoms with E-state index in [9.17, 15) is 5.26 Å². The van der Waals surface area contributed by atoms with Gasteiger partial charge in [-0.15, -0.1) is 0 Å². The van der Waals surface area contributed by atoms with Gasteiger partial charge in [-0.05, 0) is 18.2 Å². The lowest BCUT2D eigenvalue weighted by molar-refractivity contribution is 0.393. The molecule has 20 heavy (non-hydrogen) atoms. The number of benzene rings is 1. The Morgan fingerprint density at radius 2 is 2.05 bits per heavy atom. The zero-order valence-electron chi connectivity index (χ0n) is 10.6. The third kappa shape index (κ3) is 1.84. The number of pyridine rings is 1. The Balaban J connectivity index is 2.23. The van der Waals surface area contributed by atoms with E-state index >= 15 is 0 Å². The molecule has 0 saturated heterocycles. The van der Waals surface area contributed by atoms with Crippen LogP contribution in [0.4, 0.5) is 5.69 Å². The molecule has 1 aromatic heterocycles. The van der Waals surface area contributed by atoms with Crippen molar-refractivity contribution in [2.75, 3.05) is 5.73 Å². The highest BCUT2D eigenvalue weighted by molar-refractivity contribution is 5.58. The third-order valence-corrected chi connectivity index (χ3v) is 3.23. The average molecular weight is 264 g/mol. The van der Waals surface area contributed by atoms with E-state index in [0.717, 1.165) is 11.3 Å². The van der Waals surface area contributed by atoms with Crippen LogP contribution in [0, 0.1) is 11.3 Å². The Morgan fingerprint density at radius 1 is 1.20 bits per heavy atom. The molecule has 2 aromatic rings. The first-order valence-corrected chi connectivity index (χ1v) is 6.08. The monoisotopic (exact) mass is 264 g/mol. The first-order valence-electron chi connectivity index (χ1n) is 6.08. The van der Waals surface area contributed by atoms with Crippen LogP contribution >= 0.6 is 0 Å². The summed E-state index contributed by atoms with van der Waals surface area (Å²) >= 11 is 0. The number of nitrogens with two attached hydrogens (primary N) is 2. The molecule has 0 amide bonds. The molecule has 1 aliphatic heterocycles. The molecule has 0 aliphatic carbocycles. The number of hydrogen-bond donors (Lipinski definition) is 2. The highest BCUT2D eigenvalue weighted by atomic mass is 16.5. The molecule has 1 aromatic carbocycles. The van der Waals surface area contributed by atoms with Crippen molar-refractivity contribution >= 4 is 5.69 Å². The second-order valence-corrected chi connectivity index (χ2v) is 4.48. The Labute approximate surface area is 116 Å². The second kappa shape index (κ2) is 4.59. The van der Waals surface area contributed by atoms with Crippen LogP contribution in [0.5, 0.6) is 5.75 Å². The fraction of sp³-hybridized carbons (Fsp3) is 0.0667. The van der Waals surface area contributed by atoms with E-state index in [2.05, 4.69) is 11.1 Å². The zero-order valence-corrected chi connectivity index (χ0v) is 10.6. The second-order valence-electron chi connectivity index (χ2n) is 4.48. The van der Waals surface area contributed by atoms with Crippen LogP contribution in [-0.2, 0) is 0 Å². The largest absolute Gasteiger partial charge is 0.440 e. The maximum Gasteiger partial charge on any atom is 0.205 e. The molecule has 2 heterocycles. The first-order chi connectivity index (χ1) is 9.70. The lowest BCUT2D eigenvalue weighted by Gasteiger charge is -2.25. The topological polar surface area (TPSA) is 98.0 Å². The highest BCUT2D eigenvalue weighted by Gasteiger charge is 2.31. The van der Waals surface area contributed by atoms with Crippen LogP contribution < -0.4 is 16.2 Å². The van der Waals surface area contributed by atoms with Crippen LogP contribution in [0.2, 0.25) is 0 Å². The van der Waals surface area contributed by atoms with Gasteiger partial charge in [-0.3, -0.25) is 4.98 Å². The minimum absolute atomic E-state index is 0.0984. The van der Waals surface area contributed by atoms with E-state index < -0.39 is 0 Å². The standard InChI is InChI=1S/C15H12N4O/c16-8-11-14(12-3-1-2-6-19-12)10-5-4-9(17)7-13(10)20-15(11)18/h1-7,14H,17-18H2. The van der Waals surface area contributed by atoms with Crippen molar-refractivity contribution < 1.29 is 4.74 Å². The number of allylic oxidation sites excluding steroid dienone is 1. The number of anilines is 1. The maximum absolute atomic E-state index is 9.35. The van der Waals surface area contributed by atoms with Crippen molar-refractivity contribution in [3.63, 3.8) is 0 Å². The van der Waals surface area contributed by atoms with E-state index in [1.807, 2.05) is 24.3 Å². The van der Waals surface area contributed by atoms with Crippen LogP contribution in [0.3, 0.4) is 0 Å². The predicted molar refractivity (Wildman–Crippen MR) is 74.4 cm³/mol. The molecule has 1 aliphatic rings. The fourth-order valence-electron chi connectivity index (χ4n) is 2.32. The fourth-order valence-corrected chi connectivity index (χ4v) is 2.32. The number of aromatic nitrogens is 1. The number of nitriles is 1. The van der Waals surface area contributed by atoms with Gasteiger partial charge >= 0.3 is 0 Å². The smallest absolute Gasteiger partial charge is 0.205 e. The first kappa shape index (κ1) is 12.1. The van der Waals surface area contributed by atoms with Gasteiger partial charge < -0.3 is 16.2 Å². The molecule has 0 radical (unpaired) electrons. The molecule has 0 saturated carbocycles. The normalized spacial score (nSPS) is 17.1. The highest BCUT2D eigenvalue weighted by Crippen LogP contribution is 2.41. The Bertz CT molecular complexity index is 731. The summed E-state index contributed by atoms with van der Waals surface area (Å²) in [5.74, 6) is 0.337. The number of ether oxygens (including phenoxy) is 1. The molecule has 3 rings (SSSR count). The SMILES string of the molecule is N#CC1=C(N)Oc2cc(N)ccc2C1c1ccccn1. The minimum Gasteiger partial charge on any atom is -0.440 e. The Morgan fingerprint density at radius 3 is 2.75 bits per heavy atom. The van der Waals surface area contributed by atoms with Crippen LogP contribution in [-0.4, -0.2) is 4.98 Å². The molecule has 98 valence electrons. The van der Waals surface area contributed by atoms with Gasteiger partial charge in [-0.2, -0.15) is 5.26 Å². The predicted octanol–water partition coefficient (Wildman–Crippen LogP) is 1.88. The van der Waals surface area contributed by atoms with Crippen molar-refractivity contribution in [2.45, 2.75) is 5.92 Å². The zero-order chi connectivity index (χ0) is 14.1. The number of fused-ring (bicyclic) bond motifs is 1. The van der Waals surface area contributed by atoms with Gasteiger partial charge in [0.2, 0.25) is 5.88 Å². The van der Waals surface area contributed by atoms with Crippen LogP contribution in [0.1, 0.15) is 17.2 Å². The van der Waals surface area contributed by atoms with Crippen molar-refractivity contribution in [2.24, 2.45) is 5.73 Å². The van der Waals surface area contributed by atoms with Crippen LogP contribution in [0.15, 0.2) is 54.1 Å². The Kier molecular flexibility index (Phi) is 2.77. The number of nitrogen functional groups attached to an aromatic ring is 1. The number of nitrogens with zero attached hydrogens (tertiary/aromatic N) is 2. The lowest BCUT2D eigenvalue weighted by atomic mass is 9.86. The molecule has 5 heteroatoms. The molecule has 0 spiro atoms. The van der Waals surface area contributed by atoms with Gasteiger partial charge in [-0.25, -0.2) is 0 Å². The third-order valence-electron chi connectivity index (χ3n) is 3.23. The van der Waals surface area contributed by atoms with Gasteiger partial charge in [0, 0.05) is 23.5 Å². The van der Waals surface area contributed by atoms with E-state index in [1.54, 1.807) is 18.3 Å². The molecule has 1 atom stereocenters. The van der Waals surface area contributed by atoms with Gasteiger partial charge in [0.1, 0.15) is 17.4 Å². The molecule has 4 N–H and O–H groups in total. The minimum atomic E-state index is -0.328. The summed E-state index contributed by atoms with van der Waals surface area (Å²) in [5, 5.41) is 9.35. The quantitative estimate of drug-likeness (QED) is 0.766. The van der Waals surface area contributed by atoms with Crippen molar-refractivity contribution in [1.82, 2.24) is 4.98 Å². The number of hydrogen-bond acceptors (Lipinski definition) is 5. The van der Waals surface area contributed by atoms with Crippen LogP contribution in [0.25, 0.3) is 0 Å². The van der Waals surface area contributed by atoms with Gasteiger partial charge in [-0.1, -0.05) is 12.1 Å². The molecule has 0 fully saturated rings. The van der Waals surface area contributed by atoms with E-state index in [0.29, 0.717) is 17.0 Å². The number of rotatable bonds is 1. The van der Waals surface area contributed by atoms with E-state index in [1.165, 1.54) is 0 Å².